The molecule has 3 amide bonds. The number of carbonyl (C=O) groups excluding carboxylic acids is 2. The summed E-state index contributed by atoms with van der Waals surface area (Å²) in [6.45, 7) is 0. The van der Waals surface area contributed by atoms with Crippen LogP contribution in [0.4, 0.5) is 10.5 Å². The first-order chi connectivity index (χ1) is 12.4. The van der Waals surface area contributed by atoms with Crippen molar-refractivity contribution in [2.75, 3.05) is 5.32 Å². The van der Waals surface area contributed by atoms with Crippen molar-refractivity contribution in [3.05, 3.63) is 60.4 Å². The number of primary amides is 2. The van der Waals surface area contributed by atoms with Crippen molar-refractivity contribution >= 4 is 29.4 Å². The number of hydrogen-bond donors (Lipinski definition) is 4. The number of nitrogens with two attached hydrogens (primary N) is 2. The van der Waals surface area contributed by atoms with E-state index in [1.807, 2.05) is 24.3 Å². The summed E-state index contributed by atoms with van der Waals surface area (Å²) in [4.78, 5) is 24.1. The van der Waals surface area contributed by atoms with Gasteiger partial charge in [0.1, 0.15) is 5.75 Å². The third kappa shape index (κ3) is 3.78. The molecule has 2 aromatic carbocycles. The summed E-state index contributed by atoms with van der Waals surface area (Å²) >= 11 is 1.41. The largest absolute Gasteiger partial charge is 0.507 e. The number of rotatable bonds is 5. The molecule has 0 radical (unpaired) electrons. The quantitative estimate of drug-likeness (QED) is 0.547. The molecule has 1 aromatic heterocycles. The van der Waals surface area contributed by atoms with E-state index in [0.29, 0.717) is 5.69 Å². The molecule has 0 unspecified atom stereocenters. The monoisotopic (exact) mass is 369 g/mol. The summed E-state index contributed by atoms with van der Waals surface area (Å²) in [7, 11) is 0. The number of aromatic nitrogens is 2. The van der Waals surface area contributed by atoms with Gasteiger partial charge in [-0.1, -0.05) is 23.9 Å². The van der Waals surface area contributed by atoms with Gasteiger partial charge in [0.2, 0.25) is 0 Å². The van der Waals surface area contributed by atoms with E-state index in [9.17, 15) is 14.7 Å². The molecule has 132 valence electrons. The van der Waals surface area contributed by atoms with E-state index in [-0.39, 0.29) is 17.1 Å². The van der Waals surface area contributed by atoms with Crippen molar-refractivity contribution < 1.29 is 14.7 Å². The molecule has 0 aliphatic rings. The summed E-state index contributed by atoms with van der Waals surface area (Å²) < 4.78 is 1.42. The summed E-state index contributed by atoms with van der Waals surface area (Å²) in [5.41, 5.74) is 11.1. The minimum atomic E-state index is -0.818. The second-order valence-electron chi connectivity index (χ2n) is 5.25. The Morgan fingerprint density at radius 2 is 1.77 bits per heavy atom. The Hall–Kier alpha value is -3.46. The second-order valence-corrected chi connectivity index (χ2v) is 6.37. The molecule has 0 bridgehead atoms. The normalized spacial score (nSPS) is 10.5. The maximum atomic E-state index is 11.5. The molecule has 0 aliphatic heterocycles. The lowest BCUT2D eigenvalue weighted by Crippen LogP contribution is -2.22. The number of anilines is 1. The predicted octanol–water partition coefficient (Wildman–Crippen LogP) is 2.32. The van der Waals surface area contributed by atoms with Crippen LogP contribution in [0.1, 0.15) is 10.5 Å². The zero-order chi connectivity index (χ0) is 18.7. The number of carbonyl (C=O) groups is 2. The molecule has 26 heavy (non-hydrogen) atoms. The number of benzene rings is 2. The predicted molar refractivity (Wildman–Crippen MR) is 97.5 cm³/mol. The van der Waals surface area contributed by atoms with E-state index in [1.165, 1.54) is 22.6 Å². The van der Waals surface area contributed by atoms with E-state index in [4.69, 9.17) is 11.5 Å². The van der Waals surface area contributed by atoms with E-state index >= 15 is 0 Å². The number of para-hydroxylation sites is 1. The molecule has 3 aromatic rings. The van der Waals surface area contributed by atoms with Crippen molar-refractivity contribution in [3.8, 4) is 11.4 Å². The van der Waals surface area contributed by atoms with Gasteiger partial charge in [0, 0.05) is 4.90 Å². The van der Waals surface area contributed by atoms with Crippen molar-refractivity contribution in [1.82, 2.24) is 9.78 Å². The Morgan fingerprint density at radius 1 is 1.08 bits per heavy atom. The fraction of sp³-hybridized carbons (Fsp3) is 0. The standard InChI is InChI=1S/C17H15N5O3S/c18-16(24)15-12(20-17(19)25)9-22(21-15)10-5-7-11(8-6-10)26-14-4-2-1-3-13(14)23/h1-9,23H,(H2,18,24)(H3,19,20,25). The van der Waals surface area contributed by atoms with Crippen LogP contribution in [0.5, 0.6) is 5.75 Å². The smallest absolute Gasteiger partial charge is 0.316 e. The summed E-state index contributed by atoms with van der Waals surface area (Å²) in [6.07, 6.45) is 1.45. The van der Waals surface area contributed by atoms with Crippen LogP contribution in [0.2, 0.25) is 0 Å². The van der Waals surface area contributed by atoms with Gasteiger partial charge in [0.15, 0.2) is 5.69 Å². The molecule has 0 atom stereocenters. The van der Waals surface area contributed by atoms with Crippen LogP contribution >= 0.6 is 11.8 Å². The number of phenolic OH excluding ortho intramolecular Hbond substituents is 1. The lowest BCUT2D eigenvalue weighted by atomic mass is 10.3. The number of urea groups is 1. The molecule has 0 fully saturated rings. The topological polar surface area (TPSA) is 136 Å². The van der Waals surface area contributed by atoms with Gasteiger partial charge in [0.05, 0.1) is 22.5 Å². The molecule has 3 rings (SSSR count). The van der Waals surface area contributed by atoms with E-state index < -0.39 is 11.9 Å². The molecule has 1 heterocycles. The lowest BCUT2D eigenvalue weighted by Gasteiger charge is -2.06. The second kappa shape index (κ2) is 7.19. The van der Waals surface area contributed by atoms with Crippen LogP contribution in [0, 0.1) is 0 Å². The average Bonchev–Trinajstić information content (AvgIpc) is 3.01. The van der Waals surface area contributed by atoms with Crippen LogP contribution in [0.25, 0.3) is 5.69 Å². The Bertz CT molecular complexity index is 969. The first-order valence-electron chi connectivity index (χ1n) is 7.46. The number of nitrogens with one attached hydrogen (secondary N) is 1. The molecule has 6 N–H and O–H groups in total. The molecule has 0 saturated heterocycles. The third-order valence-electron chi connectivity index (χ3n) is 3.40. The fourth-order valence-corrected chi connectivity index (χ4v) is 3.10. The Labute approximate surface area is 152 Å². The van der Waals surface area contributed by atoms with Gasteiger partial charge in [-0.2, -0.15) is 5.10 Å². The molecule has 0 spiro atoms. The highest BCUT2D eigenvalue weighted by Crippen LogP contribution is 2.34. The molecule has 9 heteroatoms. The fourth-order valence-electron chi connectivity index (χ4n) is 2.25. The molecular formula is C17H15N5O3S. The zero-order valence-corrected chi connectivity index (χ0v) is 14.2. The molecular weight excluding hydrogens is 354 g/mol. The molecule has 0 aliphatic carbocycles. The summed E-state index contributed by atoms with van der Waals surface area (Å²) in [6, 6.07) is 13.5. The van der Waals surface area contributed by atoms with Gasteiger partial charge in [-0.15, -0.1) is 0 Å². The van der Waals surface area contributed by atoms with Crippen LogP contribution in [0.3, 0.4) is 0 Å². The minimum Gasteiger partial charge on any atom is -0.507 e. The summed E-state index contributed by atoms with van der Waals surface area (Å²) in [5, 5.41) is 16.2. The highest BCUT2D eigenvalue weighted by Gasteiger charge is 2.16. The zero-order valence-electron chi connectivity index (χ0n) is 13.4. The van der Waals surface area contributed by atoms with Gasteiger partial charge in [-0.3, -0.25) is 4.79 Å². The Balaban J connectivity index is 1.85. The van der Waals surface area contributed by atoms with Crippen LogP contribution < -0.4 is 16.8 Å². The molecule has 8 nitrogen and oxygen atoms in total. The number of aromatic hydroxyl groups is 1. The minimum absolute atomic E-state index is 0.0866. The maximum Gasteiger partial charge on any atom is 0.316 e. The average molecular weight is 369 g/mol. The SMILES string of the molecule is NC(=O)Nc1cn(-c2ccc(Sc3ccccc3O)cc2)nc1C(N)=O. The third-order valence-corrected chi connectivity index (χ3v) is 4.47. The van der Waals surface area contributed by atoms with Crippen LogP contribution in [-0.2, 0) is 0 Å². The van der Waals surface area contributed by atoms with Gasteiger partial charge in [-0.25, -0.2) is 9.48 Å². The Morgan fingerprint density at radius 3 is 2.38 bits per heavy atom. The van der Waals surface area contributed by atoms with Gasteiger partial charge >= 0.3 is 6.03 Å². The van der Waals surface area contributed by atoms with E-state index in [0.717, 1.165) is 9.79 Å². The van der Waals surface area contributed by atoms with Crippen molar-refractivity contribution in [2.45, 2.75) is 9.79 Å². The highest BCUT2D eigenvalue weighted by atomic mass is 32.2. The van der Waals surface area contributed by atoms with Crippen molar-refractivity contribution in [3.63, 3.8) is 0 Å². The van der Waals surface area contributed by atoms with Gasteiger partial charge in [0.25, 0.3) is 5.91 Å². The number of nitrogens with zero attached hydrogens (tertiary/aromatic N) is 2. The number of amides is 3. The van der Waals surface area contributed by atoms with Gasteiger partial charge in [-0.05, 0) is 36.4 Å². The first-order valence-corrected chi connectivity index (χ1v) is 8.28. The maximum absolute atomic E-state index is 11.5. The van der Waals surface area contributed by atoms with E-state index in [1.54, 1.807) is 24.3 Å². The highest BCUT2D eigenvalue weighted by molar-refractivity contribution is 7.99. The Kier molecular flexibility index (Phi) is 4.81. The lowest BCUT2D eigenvalue weighted by molar-refractivity contribution is 0.0996. The number of phenols is 1. The molecule has 0 saturated carbocycles. The van der Waals surface area contributed by atoms with Crippen LogP contribution in [-0.4, -0.2) is 26.8 Å². The van der Waals surface area contributed by atoms with E-state index in [2.05, 4.69) is 10.4 Å². The van der Waals surface area contributed by atoms with Crippen molar-refractivity contribution in [1.29, 1.82) is 0 Å². The van der Waals surface area contributed by atoms with Crippen LogP contribution in [0.15, 0.2) is 64.5 Å². The first kappa shape index (κ1) is 17.4. The van der Waals surface area contributed by atoms with Crippen molar-refractivity contribution in [2.24, 2.45) is 11.5 Å². The number of hydrogen-bond acceptors (Lipinski definition) is 5. The van der Waals surface area contributed by atoms with Gasteiger partial charge < -0.3 is 21.9 Å². The summed E-state index contributed by atoms with van der Waals surface area (Å²) in [5.74, 6) is -0.568.